The predicted molar refractivity (Wildman–Crippen MR) is 69.8 cm³/mol. The van der Waals surface area contributed by atoms with Crippen LogP contribution < -0.4 is 0 Å². The van der Waals surface area contributed by atoms with Gasteiger partial charge in [0.05, 0.1) is 7.11 Å². The summed E-state index contributed by atoms with van der Waals surface area (Å²) in [6.45, 7) is 0.300. The Balaban J connectivity index is 3.10. The molecule has 0 atom stereocenters. The molecule has 3 nitrogen and oxygen atoms in total. The number of rotatable bonds is 11. The summed E-state index contributed by atoms with van der Waals surface area (Å²) >= 11 is 0. The Morgan fingerprint density at radius 3 is 2.18 bits per heavy atom. The molecule has 0 radical (unpaired) electrons. The number of hydrogen-bond acceptors (Lipinski definition) is 3. The number of aliphatic hydroxyl groups is 1. The van der Waals surface area contributed by atoms with Crippen LogP contribution >= 0.6 is 0 Å². The molecule has 0 unspecified atom stereocenters. The molecule has 0 saturated carbocycles. The molecule has 100 valence electrons. The lowest BCUT2D eigenvalue weighted by atomic mass is 10.1. The number of hydrogen-bond donors (Lipinski definition) is 1. The number of aliphatic hydroxyl groups excluding tert-OH is 1. The standard InChI is InChI=1S/C14H26O3/c1-17-14(16)12-10-8-6-4-2-3-5-7-9-11-13-15/h3,5,15H,2,4,6-13H2,1H3/b5-3-. The van der Waals surface area contributed by atoms with Gasteiger partial charge >= 0.3 is 5.97 Å². The number of carbonyl (C=O) groups excluding carboxylic acids is 1. The molecular formula is C14H26O3. The van der Waals surface area contributed by atoms with Crippen LogP contribution in [0.2, 0.25) is 0 Å². The van der Waals surface area contributed by atoms with Crippen molar-refractivity contribution in [2.24, 2.45) is 0 Å². The quantitative estimate of drug-likeness (QED) is 0.344. The highest BCUT2D eigenvalue weighted by Crippen LogP contribution is 2.07. The van der Waals surface area contributed by atoms with Gasteiger partial charge in [0, 0.05) is 13.0 Å². The van der Waals surface area contributed by atoms with E-state index in [0.29, 0.717) is 13.0 Å². The van der Waals surface area contributed by atoms with E-state index in [4.69, 9.17) is 5.11 Å². The van der Waals surface area contributed by atoms with E-state index in [-0.39, 0.29) is 5.97 Å². The SMILES string of the molecule is COC(=O)CCCCCC/C=C\CCCCO. The topological polar surface area (TPSA) is 46.5 Å². The van der Waals surface area contributed by atoms with Gasteiger partial charge in [-0.25, -0.2) is 0 Å². The molecule has 0 heterocycles. The van der Waals surface area contributed by atoms with Crippen molar-refractivity contribution >= 4 is 5.97 Å². The van der Waals surface area contributed by atoms with Crippen LogP contribution in [0.3, 0.4) is 0 Å². The van der Waals surface area contributed by atoms with Gasteiger partial charge in [-0.2, -0.15) is 0 Å². The Morgan fingerprint density at radius 1 is 1.00 bits per heavy atom. The van der Waals surface area contributed by atoms with Crippen molar-refractivity contribution in [3.63, 3.8) is 0 Å². The number of esters is 1. The van der Waals surface area contributed by atoms with Crippen LogP contribution in [0, 0.1) is 0 Å². The first-order valence-corrected chi connectivity index (χ1v) is 6.64. The third-order valence-corrected chi connectivity index (χ3v) is 2.67. The Hall–Kier alpha value is -0.830. The van der Waals surface area contributed by atoms with Crippen molar-refractivity contribution in [3.8, 4) is 0 Å². The molecule has 0 rings (SSSR count). The fourth-order valence-corrected chi connectivity index (χ4v) is 1.60. The van der Waals surface area contributed by atoms with Crippen molar-refractivity contribution in [1.82, 2.24) is 0 Å². The molecule has 3 heteroatoms. The van der Waals surface area contributed by atoms with Gasteiger partial charge in [-0.3, -0.25) is 4.79 Å². The zero-order chi connectivity index (χ0) is 12.8. The summed E-state index contributed by atoms with van der Waals surface area (Å²) in [5.41, 5.74) is 0. The van der Waals surface area contributed by atoms with Crippen LogP contribution in [-0.2, 0) is 9.53 Å². The van der Waals surface area contributed by atoms with Gasteiger partial charge in [0.1, 0.15) is 0 Å². The maximum Gasteiger partial charge on any atom is 0.305 e. The van der Waals surface area contributed by atoms with Crippen LogP contribution in [0.25, 0.3) is 0 Å². The van der Waals surface area contributed by atoms with Gasteiger partial charge in [0.25, 0.3) is 0 Å². The van der Waals surface area contributed by atoms with Gasteiger partial charge in [0.2, 0.25) is 0 Å². The minimum Gasteiger partial charge on any atom is -0.469 e. The summed E-state index contributed by atoms with van der Waals surface area (Å²) in [5.74, 6) is -0.103. The number of ether oxygens (including phenoxy) is 1. The highest BCUT2D eigenvalue weighted by molar-refractivity contribution is 5.68. The van der Waals surface area contributed by atoms with Gasteiger partial charge in [-0.15, -0.1) is 0 Å². The molecule has 0 aromatic heterocycles. The van der Waals surface area contributed by atoms with E-state index < -0.39 is 0 Å². The minimum absolute atomic E-state index is 0.103. The molecule has 0 aliphatic carbocycles. The molecule has 0 aromatic rings. The average Bonchev–Trinajstić information content (AvgIpc) is 2.35. The lowest BCUT2D eigenvalue weighted by molar-refractivity contribution is -0.140. The summed E-state index contributed by atoms with van der Waals surface area (Å²) < 4.78 is 4.57. The number of carbonyl (C=O) groups is 1. The largest absolute Gasteiger partial charge is 0.469 e. The molecule has 0 spiro atoms. The molecule has 1 N–H and O–H groups in total. The Bertz CT molecular complexity index is 200. The summed E-state index contributed by atoms with van der Waals surface area (Å²) in [4.78, 5) is 10.8. The van der Waals surface area contributed by atoms with E-state index in [1.54, 1.807) is 0 Å². The predicted octanol–water partition coefficient (Wildman–Crippen LogP) is 3.22. The fraction of sp³-hybridized carbons (Fsp3) is 0.786. The molecule has 17 heavy (non-hydrogen) atoms. The van der Waals surface area contributed by atoms with Crippen LogP contribution in [-0.4, -0.2) is 24.8 Å². The van der Waals surface area contributed by atoms with Gasteiger partial charge in [-0.1, -0.05) is 25.0 Å². The highest BCUT2D eigenvalue weighted by Gasteiger charge is 1.98. The lowest BCUT2D eigenvalue weighted by Gasteiger charge is -1.99. The molecule has 0 aliphatic rings. The molecule has 0 bridgehead atoms. The zero-order valence-electron chi connectivity index (χ0n) is 11.0. The summed E-state index contributed by atoms with van der Waals surface area (Å²) in [6, 6.07) is 0. The second kappa shape index (κ2) is 13.2. The molecule has 0 aliphatic heterocycles. The van der Waals surface area contributed by atoms with E-state index in [0.717, 1.165) is 38.5 Å². The summed E-state index contributed by atoms with van der Waals surface area (Å²) in [6.07, 6.45) is 13.6. The number of methoxy groups -OCH3 is 1. The first-order chi connectivity index (χ1) is 8.31. The molecule has 0 aromatic carbocycles. The van der Waals surface area contributed by atoms with Crippen molar-refractivity contribution in [3.05, 3.63) is 12.2 Å². The first-order valence-electron chi connectivity index (χ1n) is 6.64. The van der Waals surface area contributed by atoms with Crippen LogP contribution in [0.4, 0.5) is 0 Å². The molecule has 0 amide bonds. The van der Waals surface area contributed by atoms with Crippen LogP contribution in [0.1, 0.15) is 57.8 Å². The Morgan fingerprint density at radius 2 is 1.59 bits per heavy atom. The van der Waals surface area contributed by atoms with Crippen molar-refractivity contribution in [2.75, 3.05) is 13.7 Å². The smallest absolute Gasteiger partial charge is 0.305 e. The lowest BCUT2D eigenvalue weighted by Crippen LogP contribution is -1.98. The third-order valence-electron chi connectivity index (χ3n) is 2.67. The van der Waals surface area contributed by atoms with Crippen molar-refractivity contribution in [1.29, 1.82) is 0 Å². The maximum atomic E-state index is 10.8. The van der Waals surface area contributed by atoms with Gasteiger partial charge in [0.15, 0.2) is 0 Å². The van der Waals surface area contributed by atoms with E-state index in [9.17, 15) is 4.79 Å². The third kappa shape index (κ3) is 13.1. The number of unbranched alkanes of at least 4 members (excludes halogenated alkanes) is 6. The van der Waals surface area contributed by atoms with Crippen LogP contribution in [0.15, 0.2) is 12.2 Å². The van der Waals surface area contributed by atoms with E-state index >= 15 is 0 Å². The Labute approximate surface area is 105 Å². The van der Waals surface area contributed by atoms with Crippen molar-refractivity contribution in [2.45, 2.75) is 57.8 Å². The van der Waals surface area contributed by atoms with Crippen molar-refractivity contribution < 1.29 is 14.6 Å². The first kappa shape index (κ1) is 16.2. The van der Waals surface area contributed by atoms with Gasteiger partial charge < -0.3 is 9.84 Å². The maximum absolute atomic E-state index is 10.8. The van der Waals surface area contributed by atoms with E-state index in [2.05, 4.69) is 16.9 Å². The van der Waals surface area contributed by atoms with E-state index in [1.807, 2.05) is 0 Å². The summed E-state index contributed by atoms with van der Waals surface area (Å²) in [7, 11) is 1.43. The Kier molecular flexibility index (Phi) is 12.6. The fourth-order valence-electron chi connectivity index (χ4n) is 1.60. The number of allylic oxidation sites excluding steroid dienone is 2. The second-order valence-corrected chi connectivity index (χ2v) is 4.22. The zero-order valence-corrected chi connectivity index (χ0v) is 11.0. The minimum atomic E-state index is -0.103. The normalized spacial score (nSPS) is 10.9. The highest BCUT2D eigenvalue weighted by atomic mass is 16.5. The molecule has 0 fully saturated rings. The molecular weight excluding hydrogens is 216 g/mol. The van der Waals surface area contributed by atoms with Gasteiger partial charge in [-0.05, 0) is 38.5 Å². The van der Waals surface area contributed by atoms with Crippen LogP contribution in [0.5, 0.6) is 0 Å². The molecule has 0 saturated heterocycles. The monoisotopic (exact) mass is 242 g/mol. The average molecular weight is 242 g/mol. The second-order valence-electron chi connectivity index (χ2n) is 4.22. The summed E-state index contributed by atoms with van der Waals surface area (Å²) in [5, 5.41) is 8.59. The van der Waals surface area contributed by atoms with E-state index in [1.165, 1.54) is 20.0 Å².